The van der Waals surface area contributed by atoms with Gasteiger partial charge in [-0.3, -0.25) is 0 Å². The van der Waals surface area contributed by atoms with Gasteiger partial charge in [0.15, 0.2) is 11.5 Å². The third kappa shape index (κ3) is 2.13. The molecule has 0 bridgehead atoms. The van der Waals surface area contributed by atoms with Gasteiger partial charge in [-0.2, -0.15) is 0 Å². The first-order valence-corrected chi connectivity index (χ1v) is 5.28. The Morgan fingerprint density at radius 1 is 1.29 bits per heavy atom. The Morgan fingerprint density at radius 2 is 2.00 bits per heavy atom. The van der Waals surface area contributed by atoms with Crippen LogP contribution in [0.3, 0.4) is 0 Å². The quantitative estimate of drug-likeness (QED) is 0.815. The van der Waals surface area contributed by atoms with E-state index in [4.69, 9.17) is 16.3 Å². The first-order valence-electron chi connectivity index (χ1n) is 4.91. The van der Waals surface area contributed by atoms with Gasteiger partial charge in [0.2, 0.25) is 0 Å². The fraction of sp³-hybridized carbons (Fsp3) is 0.455. The van der Waals surface area contributed by atoms with Crippen LogP contribution in [0.1, 0.15) is 25.7 Å². The molecule has 1 aliphatic carbocycles. The molecule has 1 aromatic rings. The molecule has 1 fully saturated rings. The summed E-state index contributed by atoms with van der Waals surface area (Å²) in [5, 5.41) is 10.1. The van der Waals surface area contributed by atoms with Crippen LogP contribution >= 0.6 is 11.6 Å². The normalized spacial score (nSPS) is 17.2. The summed E-state index contributed by atoms with van der Waals surface area (Å²) in [6.07, 6.45) is 4.83. The molecule has 0 atom stereocenters. The summed E-state index contributed by atoms with van der Waals surface area (Å²) in [7, 11) is 0. The highest BCUT2D eigenvalue weighted by atomic mass is 35.5. The van der Waals surface area contributed by atoms with Gasteiger partial charge in [0.25, 0.3) is 0 Å². The zero-order valence-electron chi connectivity index (χ0n) is 7.87. The number of rotatable bonds is 2. The second-order valence-corrected chi connectivity index (χ2v) is 4.07. The van der Waals surface area contributed by atoms with Gasteiger partial charge < -0.3 is 9.84 Å². The molecule has 1 N–H and O–H groups in total. The van der Waals surface area contributed by atoms with E-state index in [0.717, 1.165) is 12.8 Å². The van der Waals surface area contributed by atoms with E-state index >= 15 is 0 Å². The fourth-order valence-electron chi connectivity index (χ4n) is 1.77. The van der Waals surface area contributed by atoms with Crippen molar-refractivity contribution in [2.75, 3.05) is 0 Å². The van der Waals surface area contributed by atoms with E-state index in [0.29, 0.717) is 10.8 Å². The molecular weight excluding hydrogens is 200 g/mol. The number of phenols is 1. The van der Waals surface area contributed by atoms with Crippen LogP contribution in [0.2, 0.25) is 5.02 Å². The Hall–Kier alpha value is -0.890. The van der Waals surface area contributed by atoms with Crippen LogP contribution in [0.4, 0.5) is 0 Å². The van der Waals surface area contributed by atoms with Crippen LogP contribution in [0.15, 0.2) is 18.2 Å². The summed E-state index contributed by atoms with van der Waals surface area (Å²) < 4.78 is 5.65. The van der Waals surface area contributed by atoms with Crippen molar-refractivity contribution in [2.24, 2.45) is 0 Å². The van der Waals surface area contributed by atoms with E-state index in [1.54, 1.807) is 18.2 Å². The summed E-state index contributed by atoms with van der Waals surface area (Å²) in [5.74, 6) is 0.672. The van der Waals surface area contributed by atoms with Crippen molar-refractivity contribution in [3.8, 4) is 11.5 Å². The molecule has 0 saturated heterocycles. The predicted molar refractivity (Wildman–Crippen MR) is 56.0 cm³/mol. The molecule has 1 saturated carbocycles. The van der Waals surface area contributed by atoms with Crippen molar-refractivity contribution >= 4 is 11.6 Å². The van der Waals surface area contributed by atoms with E-state index in [1.165, 1.54) is 12.8 Å². The van der Waals surface area contributed by atoms with E-state index in [-0.39, 0.29) is 11.9 Å². The monoisotopic (exact) mass is 212 g/mol. The molecule has 1 aromatic carbocycles. The number of hydrogen-bond acceptors (Lipinski definition) is 2. The van der Waals surface area contributed by atoms with E-state index in [9.17, 15) is 5.11 Å². The highest BCUT2D eigenvalue weighted by Crippen LogP contribution is 2.32. The third-order valence-corrected chi connectivity index (χ3v) is 2.75. The maximum Gasteiger partial charge on any atom is 0.162 e. The van der Waals surface area contributed by atoms with Crippen molar-refractivity contribution < 1.29 is 9.84 Å². The van der Waals surface area contributed by atoms with Gasteiger partial charge in [0.05, 0.1) is 6.10 Å². The summed E-state index contributed by atoms with van der Waals surface area (Å²) >= 11 is 5.81. The fourth-order valence-corrected chi connectivity index (χ4v) is 1.93. The van der Waals surface area contributed by atoms with Crippen molar-refractivity contribution in [3.05, 3.63) is 23.2 Å². The highest BCUT2D eigenvalue weighted by Gasteiger charge is 2.17. The predicted octanol–water partition coefficient (Wildman–Crippen LogP) is 3.37. The zero-order chi connectivity index (χ0) is 9.97. The van der Waals surface area contributed by atoms with E-state index < -0.39 is 0 Å². The lowest BCUT2D eigenvalue weighted by Crippen LogP contribution is -2.10. The Morgan fingerprint density at radius 3 is 2.71 bits per heavy atom. The maximum atomic E-state index is 9.51. The second-order valence-electron chi connectivity index (χ2n) is 3.64. The van der Waals surface area contributed by atoms with Gasteiger partial charge in [0, 0.05) is 11.1 Å². The van der Waals surface area contributed by atoms with E-state index in [1.807, 2.05) is 0 Å². The molecule has 2 nitrogen and oxygen atoms in total. The summed E-state index contributed by atoms with van der Waals surface area (Å²) in [4.78, 5) is 0. The molecular formula is C11H13ClO2. The molecule has 3 heteroatoms. The summed E-state index contributed by atoms with van der Waals surface area (Å²) in [6.45, 7) is 0. The van der Waals surface area contributed by atoms with Crippen LogP contribution in [-0.2, 0) is 0 Å². The Bertz CT molecular complexity index is 319. The lowest BCUT2D eigenvalue weighted by molar-refractivity contribution is 0.202. The number of ether oxygens (including phenoxy) is 1. The van der Waals surface area contributed by atoms with Crippen LogP contribution in [0.25, 0.3) is 0 Å². The molecule has 0 spiro atoms. The topological polar surface area (TPSA) is 29.5 Å². The largest absolute Gasteiger partial charge is 0.504 e. The van der Waals surface area contributed by atoms with Crippen LogP contribution in [0.5, 0.6) is 11.5 Å². The number of aromatic hydroxyl groups is 1. The molecule has 0 heterocycles. The van der Waals surface area contributed by atoms with Gasteiger partial charge in [0.1, 0.15) is 0 Å². The third-order valence-electron chi connectivity index (χ3n) is 2.52. The van der Waals surface area contributed by atoms with Crippen molar-refractivity contribution in [2.45, 2.75) is 31.8 Å². The first kappa shape index (κ1) is 9.66. The number of halogens is 1. The van der Waals surface area contributed by atoms with Crippen LogP contribution < -0.4 is 4.74 Å². The Balaban J connectivity index is 2.10. The smallest absolute Gasteiger partial charge is 0.162 e. The van der Waals surface area contributed by atoms with Crippen molar-refractivity contribution in [3.63, 3.8) is 0 Å². The molecule has 14 heavy (non-hydrogen) atoms. The van der Waals surface area contributed by atoms with Gasteiger partial charge >= 0.3 is 0 Å². The minimum absolute atomic E-state index is 0.168. The average Bonchev–Trinajstić information content (AvgIpc) is 2.64. The number of phenolic OH excluding ortho intramolecular Hbond substituents is 1. The first-order chi connectivity index (χ1) is 6.75. The lowest BCUT2D eigenvalue weighted by Gasteiger charge is -2.14. The van der Waals surface area contributed by atoms with E-state index in [2.05, 4.69) is 0 Å². The summed E-state index contributed by atoms with van der Waals surface area (Å²) in [5.41, 5.74) is 0. The molecule has 76 valence electrons. The lowest BCUT2D eigenvalue weighted by atomic mass is 10.3. The number of hydrogen-bond donors (Lipinski definition) is 1. The molecule has 0 aliphatic heterocycles. The van der Waals surface area contributed by atoms with Gasteiger partial charge in [-0.1, -0.05) is 11.6 Å². The molecule has 1 aliphatic rings. The molecule has 2 rings (SSSR count). The molecule has 0 amide bonds. The van der Waals surface area contributed by atoms with Crippen molar-refractivity contribution in [1.29, 1.82) is 0 Å². The highest BCUT2D eigenvalue weighted by molar-refractivity contribution is 6.30. The Kier molecular flexibility index (Phi) is 2.82. The minimum Gasteiger partial charge on any atom is -0.504 e. The molecule has 0 unspecified atom stereocenters. The van der Waals surface area contributed by atoms with Gasteiger partial charge in [-0.25, -0.2) is 0 Å². The van der Waals surface area contributed by atoms with Crippen molar-refractivity contribution in [1.82, 2.24) is 0 Å². The second kappa shape index (κ2) is 4.09. The average molecular weight is 213 g/mol. The van der Waals surface area contributed by atoms with Gasteiger partial charge in [-0.05, 0) is 37.8 Å². The van der Waals surface area contributed by atoms with Gasteiger partial charge in [-0.15, -0.1) is 0 Å². The maximum absolute atomic E-state index is 9.51. The molecule has 0 aromatic heterocycles. The standard InChI is InChI=1S/C11H13ClO2/c12-8-5-6-10(13)11(7-8)14-9-3-1-2-4-9/h5-7,9,13H,1-4H2. The van der Waals surface area contributed by atoms with Crippen LogP contribution in [0, 0.1) is 0 Å². The minimum atomic E-state index is 0.168. The number of benzene rings is 1. The SMILES string of the molecule is Oc1ccc(Cl)cc1OC1CCCC1. The van der Waals surface area contributed by atoms with Crippen LogP contribution in [-0.4, -0.2) is 11.2 Å². The Labute approximate surface area is 88.5 Å². The summed E-state index contributed by atoms with van der Waals surface area (Å²) in [6, 6.07) is 4.88. The zero-order valence-corrected chi connectivity index (χ0v) is 8.63. The molecule has 0 radical (unpaired) electrons.